The Morgan fingerprint density at radius 1 is 1.50 bits per heavy atom. The summed E-state index contributed by atoms with van der Waals surface area (Å²) >= 11 is 0. The van der Waals surface area contributed by atoms with E-state index in [1.807, 2.05) is 6.92 Å². The number of aromatic hydroxyl groups is 1. The highest BCUT2D eigenvalue weighted by molar-refractivity contribution is 5.52. The first-order valence-corrected chi connectivity index (χ1v) is 6.66. The molecule has 1 fully saturated rings. The number of nitro groups is 1. The summed E-state index contributed by atoms with van der Waals surface area (Å²) < 4.78 is 13.6. The zero-order chi connectivity index (χ0) is 14.7. The van der Waals surface area contributed by atoms with E-state index in [-0.39, 0.29) is 6.04 Å². The van der Waals surface area contributed by atoms with Crippen molar-refractivity contribution in [2.24, 2.45) is 0 Å². The molecule has 2 N–H and O–H groups in total. The van der Waals surface area contributed by atoms with Crippen molar-refractivity contribution >= 4 is 5.69 Å². The van der Waals surface area contributed by atoms with E-state index in [9.17, 15) is 19.6 Å². The largest absolute Gasteiger partial charge is 0.502 e. The molecule has 7 heteroatoms. The van der Waals surface area contributed by atoms with E-state index < -0.39 is 22.2 Å². The predicted octanol–water partition coefficient (Wildman–Crippen LogP) is 1.80. The van der Waals surface area contributed by atoms with Gasteiger partial charge in [0, 0.05) is 37.8 Å². The van der Waals surface area contributed by atoms with Crippen LogP contribution in [0, 0.1) is 15.9 Å². The number of nitrogens with zero attached hydrogens (tertiary/aromatic N) is 2. The third-order valence-corrected chi connectivity index (χ3v) is 3.62. The SMILES string of the molecule is CC[C@H](c1cc(F)cc([N+](=O)[O-])c1O)N1CCNCC1. The quantitative estimate of drug-likeness (QED) is 0.650. The number of hydrogen-bond donors (Lipinski definition) is 2. The summed E-state index contributed by atoms with van der Waals surface area (Å²) in [6.07, 6.45) is 0.647. The first-order chi connectivity index (χ1) is 9.54. The lowest BCUT2D eigenvalue weighted by Gasteiger charge is -2.34. The molecule has 6 nitrogen and oxygen atoms in total. The maximum Gasteiger partial charge on any atom is 0.313 e. The Morgan fingerprint density at radius 3 is 2.70 bits per heavy atom. The maximum atomic E-state index is 13.6. The Labute approximate surface area is 116 Å². The van der Waals surface area contributed by atoms with Gasteiger partial charge in [-0.05, 0) is 12.5 Å². The highest BCUT2D eigenvalue weighted by atomic mass is 19.1. The topological polar surface area (TPSA) is 78.6 Å². The minimum atomic E-state index is -0.758. The van der Waals surface area contributed by atoms with Gasteiger partial charge in [0.15, 0.2) is 5.75 Å². The molecule has 1 aromatic rings. The number of halogens is 1. The van der Waals surface area contributed by atoms with Crippen LogP contribution >= 0.6 is 0 Å². The van der Waals surface area contributed by atoms with Crippen LogP contribution in [0.2, 0.25) is 0 Å². The highest BCUT2D eigenvalue weighted by Crippen LogP contribution is 2.38. The van der Waals surface area contributed by atoms with Crippen LogP contribution in [0.15, 0.2) is 12.1 Å². The molecule has 0 spiro atoms. The average molecular weight is 283 g/mol. The van der Waals surface area contributed by atoms with Crippen molar-refractivity contribution in [3.63, 3.8) is 0 Å². The number of nitro benzene ring substituents is 1. The zero-order valence-corrected chi connectivity index (χ0v) is 11.3. The number of rotatable bonds is 4. The van der Waals surface area contributed by atoms with Crippen LogP contribution in [0.3, 0.4) is 0 Å². The highest BCUT2D eigenvalue weighted by Gasteiger charge is 2.28. The van der Waals surface area contributed by atoms with Gasteiger partial charge in [0.25, 0.3) is 0 Å². The minimum absolute atomic E-state index is 0.216. The predicted molar refractivity (Wildman–Crippen MR) is 72.2 cm³/mol. The molecule has 1 saturated heterocycles. The van der Waals surface area contributed by atoms with Gasteiger partial charge in [0.05, 0.1) is 11.0 Å². The molecular weight excluding hydrogens is 265 g/mol. The van der Waals surface area contributed by atoms with E-state index in [4.69, 9.17) is 0 Å². The Kier molecular flexibility index (Phi) is 4.51. The molecule has 1 aromatic carbocycles. The zero-order valence-electron chi connectivity index (χ0n) is 11.3. The first-order valence-electron chi connectivity index (χ1n) is 6.66. The van der Waals surface area contributed by atoms with Crippen molar-refractivity contribution in [3.8, 4) is 5.75 Å². The average Bonchev–Trinajstić information content (AvgIpc) is 2.44. The molecule has 0 aliphatic carbocycles. The van der Waals surface area contributed by atoms with E-state index in [1.165, 1.54) is 6.07 Å². The van der Waals surface area contributed by atoms with Gasteiger partial charge in [-0.15, -0.1) is 0 Å². The van der Waals surface area contributed by atoms with E-state index in [2.05, 4.69) is 10.2 Å². The number of benzene rings is 1. The van der Waals surface area contributed by atoms with Crippen LogP contribution in [0.25, 0.3) is 0 Å². The van der Waals surface area contributed by atoms with Crippen LogP contribution in [0.4, 0.5) is 10.1 Å². The van der Waals surface area contributed by atoms with Gasteiger partial charge in [-0.1, -0.05) is 6.92 Å². The van der Waals surface area contributed by atoms with Crippen molar-refractivity contribution in [3.05, 3.63) is 33.6 Å². The lowest BCUT2D eigenvalue weighted by Crippen LogP contribution is -2.45. The summed E-state index contributed by atoms with van der Waals surface area (Å²) in [6.45, 7) is 5.08. The third kappa shape index (κ3) is 2.88. The van der Waals surface area contributed by atoms with E-state index in [1.54, 1.807) is 0 Å². The molecule has 0 saturated carbocycles. The molecule has 0 radical (unpaired) electrons. The number of piperazine rings is 1. The van der Waals surface area contributed by atoms with Gasteiger partial charge in [0.2, 0.25) is 0 Å². The van der Waals surface area contributed by atoms with Crippen molar-refractivity contribution in [1.82, 2.24) is 10.2 Å². The van der Waals surface area contributed by atoms with Crippen molar-refractivity contribution in [2.75, 3.05) is 26.2 Å². The van der Waals surface area contributed by atoms with Gasteiger partial charge >= 0.3 is 5.69 Å². The van der Waals surface area contributed by atoms with Gasteiger partial charge in [-0.2, -0.15) is 0 Å². The smallest absolute Gasteiger partial charge is 0.313 e. The second-order valence-corrected chi connectivity index (χ2v) is 4.83. The van der Waals surface area contributed by atoms with Gasteiger partial charge in [-0.3, -0.25) is 15.0 Å². The van der Waals surface area contributed by atoms with Crippen LogP contribution in [0.1, 0.15) is 24.9 Å². The fourth-order valence-electron chi connectivity index (χ4n) is 2.67. The molecule has 0 amide bonds. The van der Waals surface area contributed by atoms with E-state index >= 15 is 0 Å². The summed E-state index contributed by atoms with van der Waals surface area (Å²) in [5.74, 6) is -1.13. The van der Waals surface area contributed by atoms with Crippen molar-refractivity contribution in [1.29, 1.82) is 0 Å². The van der Waals surface area contributed by atoms with Crippen LogP contribution < -0.4 is 5.32 Å². The van der Waals surface area contributed by atoms with Crippen molar-refractivity contribution < 1.29 is 14.4 Å². The van der Waals surface area contributed by atoms with Gasteiger partial charge in [0.1, 0.15) is 5.82 Å². The lowest BCUT2D eigenvalue weighted by atomic mass is 9.99. The van der Waals surface area contributed by atoms with Gasteiger partial charge in [-0.25, -0.2) is 4.39 Å². The molecule has 0 bridgehead atoms. The second kappa shape index (κ2) is 6.15. The Bertz CT molecular complexity index is 504. The summed E-state index contributed by atoms with van der Waals surface area (Å²) in [4.78, 5) is 12.2. The molecule has 0 unspecified atom stereocenters. The number of nitrogens with one attached hydrogen (secondary N) is 1. The number of phenols is 1. The summed E-state index contributed by atoms with van der Waals surface area (Å²) in [5, 5.41) is 24.1. The normalized spacial score (nSPS) is 17.9. The molecule has 110 valence electrons. The fourth-order valence-corrected chi connectivity index (χ4v) is 2.67. The Hall–Kier alpha value is -1.73. The molecule has 1 aliphatic rings. The Balaban J connectivity index is 2.40. The van der Waals surface area contributed by atoms with Crippen molar-refractivity contribution in [2.45, 2.75) is 19.4 Å². The summed E-state index contributed by atoms with van der Waals surface area (Å²) in [6, 6.07) is 1.73. The molecule has 1 atom stereocenters. The lowest BCUT2D eigenvalue weighted by molar-refractivity contribution is -0.386. The summed E-state index contributed by atoms with van der Waals surface area (Å²) in [5.41, 5.74) is -0.283. The molecule has 20 heavy (non-hydrogen) atoms. The van der Waals surface area contributed by atoms with Crippen LogP contribution in [-0.4, -0.2) is 41.1 Å². The van der Waals surface area contributed by atoms with Crippen LogP contribution in [-0.2, 0) is 0 Å². The monoisotopic (exact) mass is 283 g/mol. The fraction of sp³-hybridized carbons (Fsp3) is 0.538. The third-order valence-electron chi connectivity index (χ3n) is 3.62. The van der Waals surface area contributed by atoms with E-state index in [0.29, 0.717) is 12.0 Å². The minimum Gasteiger partial charge on any atom is -0.502 e. The number of hydrogen-bond acceptors (Lipinski definition) is 5. The first kappa shape index (κ1) is 14.7. The summed E-state index contributed by atoms with van der Waals surface area (Å²) in [7, 11) is 0. The van der Waals surface area contributed by atoms with Gasteiger partial charge < -0.3 is 10.4 Å². The molecular formula is C13H18FN3O3. The van der Waals surface area contributed by atoms with Crippen LogP contribution in [0.5, 0.6) is 5.75 Å². The Morgan fingerprint density at radius 2 is 2.15 bits per heavy atom. The standard InChI is InChI=1S/C13H18FN3O3/c1-2-11(16-5-3-15-4-6-16)10-7-9(14)8-12(13(10)18)17(19)20/h7-8,11,15,18H,2-6H2,1H3/t11-/m1/s1. The second-order valence-electron chi connectivity index (χ2n) is 4.83. The number of phenolic OH excluding ortho intramolecular Hbond substituents is 1. The maximum absolute atomic E-state index is 13.6. The molecule has 0 aromatic heterocycles. The molecule has 2 rings (SSSR count). The molecule has 1 heterocycles. The van der Waals surface area contributed by atoms with E-state index in [0.717, 1.165) is 32.2 Å². The molecule has 1 aliphatic heterocycles.